The SMILES string of the molecule is CCN1CCN(C(=O)C2CCN(c3nccnc3Sc3ccccc3)CC2)CC1. The van der Waals surface area contributed by atoms with E-state index in [4.69, 9.17) is 0 Å². The van der Waals surface area contributed by atoms with Gasteiger partial charge in [0.05, 0.1) is 0 Å². The van der Waals surface area contributed by atoms with Crippen LogP contribution in [0.3, 0.4) is 0 Å². The van der Waals surface area contributed by atoms with Crippen LogP contribution in [0.15, 0.2) is 52.6 Å². The van der Waals surface area contributed by atoms with Crippen LogP contribution in [0.5, 0.6) is 0 Å². The maximum absolute atomic E-state index is 13.0. The van der Waals surface area contributed by atoms with Crippen LogP contribution >= 0.6 is 11.8 Å². The summed E-state index contributed by atoms with van der Waals surface area (Å²) in [5.41, 5.74) is 0. The molecule has 0 atom stereocenters. The Bertz CT molecular complexity index is 802. The van der Waals surface area contributed by atoms with E-state index in [-0.39, 0.29) is 5.92 Å². The smallest absolute Gasteiger partial charge is 0.225 e. The second-order valence-electron chi connectivity index (χ2n) is 7.62. The highest BCUT2D eigenvalue weighted by Crippen LogP contribution is 2.34. The van der Waals surface area contributed by atoms with Crippen molar-refractivity contribution in [2.24, 2.45) is 5.92 Å². The molecule has 0 spiro atoms. The number of aromatic nitrogens is 2. The van der Waals surface area contributed by atoms with Gasteiger partial charge in [0.1, 0.15) is 5.03 Å². The molecule has 0 aliphatic carbocycles. The lowest BCUT2D eigenvalue weighted by atomic mass is 9.95. The van der Waals surface area contributed by atoms with Crippen molar-refractivity contribution < 1.29 is 4.79 Å². The minimum absolute atomic E-state index is 0.140. The minimum atomic E-state index is 0.140. The lowest BCUT2D eigenvalue weighted by molar-refractivity contribution is -0.137. The molecule has 0 unspecified atom stereocenters. The summed E-state index contributed by atoms with van der Waals surface area (Å²) >= 11 is 1.64. The van der Waals surface area contributed by atoms with Gasteiger partial charge in [-0.25, -0.2) is 9.97 Å². The summed E-state index contributed by atoms with van der Waals surface area (Å²) in [7, 11) is 0. The van der Waals surface area contributed by atoms with Crippen molar-refractivity contribution in [2.45, 2.75) is 29.7 Å². The average Bonchev–Trinajstić information content (AvgIpc) is 2.80. The number of anilines is 1. The standard InChI is InChI=1S/C22H29N5OS/c1-2-25-14-16-27(17-15-25)22(28)18-8-12-26(13-9-18)20-21(24-11-10-23-20)29-19-6-4-3-5-7-19/h3-7,10-11,18H,2,8-9,12-17H2,1H3. The van der Waals surface area contributed by atoms with Gasteiger partial charge >= 0.3 is 0 Å². The van der Waals surface area contributed by atoms with Crippen molar-refractivity contribution >= 4 is 23.5 Å². The second-order valence-corrected chi connectivity index (χ2v) is 8.68. The Morgan fingerprint density at radius 3 is 2.38 bits per heavy atom. The molecule has 2 fully saturated rings. The van der Waals surface area contributed by atoms with Gasteiger partial charge < -0.3 is 14.7 Å². The van der Waals surface area contributed by atoms with E-state index in [0.29, 0.717) is 5.91 Å². The van der Waals surface area contributed by atoms with Gasteiger partial charge in [-0.05, 0) is 31.5 Å². The van der Waals surface area contributed by atoms with Crippen molar-refractivity contribution in [1.29, 1.82) is 0 Å². The molecule has 1 aromatic carbocycles. The summed E-state index contributed by atoms with van der Waals surface area (Å²) in [6, 6.07) is 10.3. The van der Waals surface area contributed by atoms with Crippen LogP contribution in [0.2, 0.25) is 0 Å². The zero-order chi connectivity index (χ0) is 20.1. The number of carbonyl (C=O) groups is 1. The third kappa shape index (κ3) is 4.90. The molecule has 29 heavy (non-hydrogen) atoms. The molecular weight excluding hydrogens is 382 g/mol. The van der Waals surface area contributed by atoms with Gasteiger partial charge in [-0.1, -0.05) is 36.9 Å². The van der Waals surface area contributed by atoms with E-state index < -0.39 is 0 Å². The number of rotatable bonds is 5. The van der Waals surface area contributed by atoms with Gasteiger partial charge in [-0.2, -0.15) is 0 Å². The maximum atomic E-state index is 13.0. The molecule has 7 heteroatoms. The number of piperazine rings is 1. The van der Waals surface area contributed by atoms with Crippen LogP contribution < -0.4 is 4.90 Å². The van der Waals surface area contributed by atoms with Crippen LogP contribution in [-0.2, 0) is 4.79 Å². The fraction of sp³-hybridized carbons (Fsp3) is 0.500. The van der Waals surface area contributed by atoms with E-state index in [1.807, 2.05) is 18.2 Å². The van der Waals surface area contributed by atoms with Gasteiger partial charge in [0.2, 0.25) is 5.91 Å². The molecular formula is C22H29N5OS. The Hall–Kier alpha value is -2.12. The lowest BCUT2D eigenvalue weighted by Crippen LogP contribution is -2.51. The zero-order valence-corrected chi connectivity index (χ0v) is 17.9. The average molecular weight is 412 g/mol. The maximum Gasteiger partial charge on any atom is 0.225 e. The summed E-state index contributed by atoms with van der Waals surface area (Å²) in [6.45, 7) is 8.70. The molecule has 1 amide bonds. The molecule has 2 saturated heterocycles. The number of nitrogens with zero attached hydrogens (tertiary/aromatic N) is 5. The largest absolute Gasteiger partial charge is 0.354 e. The first-order valence-corrected chi connectivity index (χ1v) is 11.4. The zero-order valence-electron chi connectivity index (χ0n) is 17.0. The monoisotopic (exact) mass is 411 g/mol. The van der Waals surface area contributed by atoms with Gasteiger partial charge in [0.15, 0.2) is 5.82 Å². The van der Waals surface area contributed by atoms with Gasteiger partial charge in [-0.15, -0.1) is 0 Å². The highest BCUT2D eigenvalue weighted by molar-refractivity contribution is 7.99. The summed E-state index contributed by atoms with van der Waals surface area (Å²) in [6.07, 6.45) is 5.29. The molecule has 6 nitrogen and oxygen atoms in total. The van der Waals surface area contributed by atoms with E-state index in [1.165, 1.54) is 0 Å². The van der Waals surface area contributed by atoms with E-state index >= 15 is 0 Å². The van der Waals surface area contributed by atoms with E-state index in [1.54, 1.807) is 24.2 Å². The molecule has 3 heterocycles. The number of likely N-dealkylation sites (N-methyl/N-ethyl adjacent to an activating group) is 1. The van der Waals surface area contributed by atoms with Crippen molar-refractivity contribution in [2.75, 3.05) is 50.7 Å². The number of hydrogen-bond acceptors (Lipinski definition) is 6. The topological polar surface area (TPSA) is 52.6 Å². The summed E-state index contributed by atoms with van der Waals surface area (Å²) in [5, 5.41) is 0.930. The normalized spacial score (nSPS) is 18.8. The Morgan fingerprint density at radius 2 is 1.69 bits per heavy atom. The Balaban J connectivity index is 1.36. The Kier molecular flexibility index (Phi) is 6.67. The first-order valence-electron chi connectivity index (χ1n) is 10.5. The van der Waals surface area contributed by atoms with Crippen LogP contribution in [0.25, 0.3) is 0 Å². The van der Waals surface area contributed by atoms with Crippen LogP contribution in [0, 0.1) is 5.92 Å². The van der Waals surface area contributed by atoms with Crippen LogP contribution in [0.1, 0.15) is 19.8 Å². The second kappa shape index (κ2) is 9.59. The first kappa shape index (κ1) is 20.2. The van der Waals surface area contributed by atoms with Crippen LogP contribution in [-0.4, -0.2) is 71.5 Å². The van der Waals surface area contributed by atoms with Gasteiger partial charge in [0, 0.05) is 62.5 Å². The van der Waals surface area contributed by atoms with E-state index in [0.717, 1.165) is 74.4 Å². The fourth-order valence-electron chi connectivity index (χ4n) is 4.09. The van der Waals surface area contributed by atoms with Crippen molar-refractivity contribution in [1.82, 2.24) is 19.8 Å². The van der Waals surface area contributed by atoms with E-state index in [2.05, 4.69) is 43.7 Å². The Morgan fingerprint density at radius 1 is 1.00 bits per heavy atom. The summed E-state index contributed by atoms with van der Waals surface area (Å²) < 4.78 is 0. The molecule has 4 rings (SSSR count). The first-order chi connectivity index (χ1) is 14.2. The highest BCUT2D eigenvalue weighted by Gasteiger charge is 2.31. The number of amides is 1. The third-order valence-corrected chi connectivity index (χ3v) is 6.87. The number of hydrogen-bond donors (Lipinski definition) is 0. The molecule has 154 valence electrons. The molecule has 0 bridgehead atoms. The molecule has 0 saturated carbocycles. The molecule has 2 aromatic rings. The molecule has 1 aromatic heterocycles. The van der Waals surface area contributed by atoms with E-state index in [9.17, 15) is 4.79 Å². The molecule has 0 radical (unpaired) electrons. The fourth-order valence-corrected chi connectivity index (χ4v) is 4.99. The highest BCUT2D eigenvalue weighted by atomic mass is 32.2. The van der Waals surface area contributed by atoms with Crippen LogP contribution in [0.4, 0.5) is 5.82 Å². The van der Waals surface area contributed by atoms with Crippen molar-refractivity contribution in [3.8, 4) is 0 Å². The van der Waals surface area contributed by atoms with Crippen molar-refractivity contribution in [3.05, 3.63) is 42.7 Å². The molecule has 2 aliphatic heterocycles. The predicted octanol–water partition coefficient (Wildman–Crippen LogP) is 3.01. The Labute approximate surface area is 177 Å². The molecule has 2 aliphatic rings. The number of carbonyl (C=O) groups excluding carboxylic acids is 1. The predicted molar refractivity (Wildman–Crippen MR) is 116 cm³/mol. The lowest BCUT2D eigenvalue weighted by Gasteiger charge is -2.38. The quantitative estimate of drug-likeness (QED) is 0.754. The summed E-state index contributed by atoms with van der Waals surface area (Å²) in [5.74, 6) is 1.42. The summed E-state index contributed by atoms with van der Waals surface area (Å²) in [4.78, 5) is 30.1. The third-order valence-electron chi connectivity index (χ3n) is 5.88. The van der Waals surface area contributed by atoms with Gasteiger partial charge in [-0.3, -0.25) is 4.79 Å². The molecule has 0 N–H and O–H groups in total. The van der Waals surface area contributed by atoms with Crippen molar-refractivity contribution in [3.63, 3.8) is 0 Å². The number of piperidine rings is 1. The number of benzene rings is 1. The van der Waals surface area contributed by atoms with Gasteiger partial charge in [0.25, 0.3) is 0 Å². The minimum Gasteiger partial charge on any atom is -0.354 e.